The van der Waals surface area contributed by atoms with E-state index in [0.717, 1.165) is 25.2 Å². The van der Waals surface area contributed by atoms with E-state index >= 15 is 0 Å². The summed E-state index contributed by atoms with van der Waals surface area (Å²) in [5, 5.41) is 3.10. The van der Waals surface area contributed by atoms with Crippen molar-refractivity contribution in [3.8, 4) is 0 Å². The zero-order valence-corrected chi connectivity index (χ0v) is 10.9. The molecular formula is C13H22N4. The van der Waals surface area contributed by atoms with Gasteiger partial charge in [0.15, 0.2) is 5.96 Å². The normalized spacial score (nSPS) is 11.9. The molecule has 0 unspecified atom stereocenters. The van der Waals surface area contributed by atoms with Gasteiger partial charge >= 0.3 is 0 Å². The molecule has 0 bridgehead atoms. The second-order valence-electron chi connectivity index (χ2n) is 4.60. The lowest BCUT2D eigenvalue weighted by atomic mass is 10.2. The molecule has 4 nitrogen and oxygen atoms in total. The van der Waals surface area contributed by atoms with E-state index in [4.69, 9.17) is 5.73 Å². The van der Waals surface area contributed by atoms with E-state index in [2.05, 4.69) is 35.2 Å². The highest BCUT2D eigenvalue weighted by atomic mass is 15.1. The molecule has 0 saturated carbocycles. The number of nitrogens with one attached hydrogen (secondary N) is 1. The maximum absolute atomic E-state index is 5.73. The maximum atomic E-state index is 5.73. The van der Waals surface area contributed by atoms with Gasteiger partial charge in [0, 0.05) is 25.0 Å². The highest BCUT2D eigenvalue weighted by Gasteiger charge is 1.96. The third-order valence-corrected chi connectivity index (χ3v) is 2.32. The van der Waals surface area contributed by atoms with Crippen LogP contribution in [0.4, 0.5) is 0 Å². The molecule has 1 heterocycles. The number of hydrogen-bond acceptors (Lipinski definition) is 2. The Morgan fingerprint density at radius 3 is 2.82 bits per heavy atom. The molecule has 0 aliphatic rings. The highest BCUT2D eigenvalue weighted by Crippen LogP contribution is 1.99. The molecule has 4 heteroatoms. The molecule has 0 fully saturated rings. The summed E-state index contributed by atoms with van der Waals surface area (Å²) < 4.78 is 0. The monoisotopic (exact) mass is 234 g/mol. The van der Waals surface area contributed by atoms with Gasteiger partial charge < -0.3 is 11.1 Å². The van der Waals surface area contributed by atoms with Gasteiger partial charge in [-0.1, -0.05) is 19.9 Å². The van der Waals surface area contributed by atoms with Crippen LogP contribution in [-0.2, 0) is 6.42 Å². The van der Waals surface area contributed by atoms with Gasteiger partial charge in [-0.3, -0.25) is 9.98 Å². The van der Waals surface area contributed by atoms with E-state index in [-0.39, 0.29) is 0 Å². The fourth-order valence-electron chi connectivity index (χ4n) is 1.32. The molecule has 1 rings (SSSR count). The first-order chi connectivity index (χ1) is 8.08. The zero-order valence-electron chi connectivity index (χ0n) is 10.9. The second kappa shape index (κ2) is 6.89. The van der Waals surface area contributed by atoms with Crippen molar-refractivity contribution in [1.29, 1.82) is 0 Å². The molecule has 0 radical (unpaired) electrons. The van der Waals surface area contributed by atoms with Crippen molar-refractivity contribution in [3.05, 3.63) is 29.6 Å². The van der Waals surface area contributed by atoms with Crippen LogP contribution in [0.5, 0.6) is 0 Å². The summed E-state index contributed by atoms with van der Waals surface area (Å²) in [6.07, 6.45) is 2.81. The van der Waals surface area contributed by atoms with E-state index in [9.17, 15) is 0 Å². The Morgan fingerprint density at radius 1 is 1.47 bits per heavy atom. The first-order valence-electron chi connectivity index (χ1n) is 6.03. The van der Waals surface area contributed by atoms with Crippen molar-refractivity contribution in [1.82, 2.24) is 10.3 Å². The van der Waals surface area contributed by atoms with Gasteiger partial charge in [0.05, 0.1) is 0 Å². The number of aromatic nitrogens is 1. The van der Waals surface area contributed by atoms with Crippen molar-refractivity contribution in [2.75, 3.05) is 13.1 Å². The van der Waals surface area contributed by atoms with Crippen molar-refractivity contribution < 1.29 is 0 Å². The lowest BCUT2D eigenvalue weighted by Crippen LogP contribution is -2.33. The van der Waals surface area contributed by atoms with Crippen LogP contribution < -0.4 is 11.1 Å². The van der Waals surface area contributed by atoms with Crippen LogP contribution >= 0.6 is 0 Å². The van der Waals surface area contributed by atoms with Gasteiger partial charge in [0.2, 0.25) is 0 Å². The summed E-state index contributed by atoms with van der Waals surface area (Å²) in [7, 11) is 0. The number of aliphatic imine (C=N–C) groups is 1. The van der Waals surface area contributed by atoms with E-state index in [0.29, 0.717) is 11.9 Å². The van der Waals surface area contributed by atoms with Gasteiger partial charge in [-0.05, 0) is 30.9 Å². The zero-order chi connectivity index (χ0) is 12.7. The Labute approximate surface area is 103 Å². The molecule has 0 amide bonds. The van der Waals surface area contributed by atoms with E-state index in [1.54, 1.807) is 0 Å². The third-order valence-electron chi connectivity index (χ3n) is 2.32. The molecule has 0 saturated heterocycles. The van der Waals surface area contributed by atoms with Crippen LogP contribution in [0.1, 0.15) is 25.1 Å². The first kappa shape index (κ1) is 13.5. The molecule has 1 aromatic rings. The Hall–Kier alpha value is -1.58. The lowest BCUT2D eigenvalue weighted by molar-refractivity contribution is 0.661. The quantitative estimate of drug-likeness (QED) is 0.599. The fraction of sp³-hybridized carbons (Fsp3) is 0.538. The molecule has 3 N–H and O–H groups in total. The summed E-state index contributed by atoms with van der Waals surface area (Å²) >= 11 is 0. The summed E-state index contributed by atoms with van der Waals surface area (Å²) in [4.78, 5) is 8.48. The highest BCUT2D eigenvalue weighted by molar-refractivity contribution is 5.77. The van der Waals surface area contributed by atoms with Gasteiger partial charge in [-0.2, -0.15) is 0 Å². The molecule has 17 heavy (non-hydrogen) atoms. The van der Waals surface area contributed by atoms with Gasteiger partial charge in [0.1, 0.15) is 0 Å². The molecule has 0 atom stereocenters. The van der Waals surface area contributed by atoms with Crippen molar-refractivity contribution in [3.63, 3.8) is 0 Å². The summed E-state index contributed by atoms with van der Waals surface area (Å²) in [5.74, 6) is 1.07. The molecule has 94 valence electrons. The van der Waals surface area contributed by atoms with Crippen molar-refractivity contribution in [2.45, 2.75) is 27.2 Å². The van der Waals surface area contributed by atoms with Gasteiger partial charge in [-0.15, -0.1) is 0 Å². The molecule has 0 aliphatic heterocycles. The summed E-state index contributed by atoms with van der Waals surface area (Å²) in [6, 6.07) is 4.11. The Kier molecular flexibility index (Phi) is 5.46. The number of aryl methyl sites for hydroxylation is 1. The molecular weight excluding hydrogens is 212 g/mol. The third kappa shape index (κ3) is 5.90. The number of rotatable bonds is 5. The minimum atomic E-state index is 0.527. The Bertz CT molecular complexity index is 354. The predicted molar refractivity (Wildman–Crippen MR) is 72.0 cm³/mol. The van der Waals surface area contributed by atoms with Crippen LogP contribution in [0.25, 0.3) is 0 Å². The summed E-state index contributed by atoms with van der Waals surface area (Å²) in [5.41, 5.74) is 7.98. The maximum Gasteiger partial charge on any atom is 0.188 e. The standard InChI is InChI=1S/C13H22N4/c1-10(2)8-17-13(14)15-7-6-12-5-4-11(3)16-9-12/h4-5,9-10H,6-8H2,1-3H3,(H3,14,15,17). The van der Waals surface area contributed by atoms with Crippen LogP contribution in [0.3, 0.4) is 0 Å². The number of guanidine groups is 1. The first-order valence-corrected chi connectivity index (χ1v) is 6.03. The minimum Gasteiger partial charge on any atom is -0.370 e. The number of nitrogens with two attached hydrogens (primary N) is 1. The van der Waals surface area contributed by atoms with Crippen molar-refractivity contribution >= 4 is 5.96 Å². The molecule has 0 aromatic carbocycles. The predicted octanol–water partition coefficient (Wildman–Crippen LogP) is 1.49. The fourth-order valence-corrected chi connectivity index (χ4v) is 1.32. The van der Waals surface area contributed by atoms with Crippen LogP contribution in [0.2, 0.25) is 0 Å². The molecule has 0 spiro atoms. The van der Waals surface area contributed by atoms with E-state index in [1.165, 1.54) is 5.56 Å². The smallest absolute Gasteiger partial charge is 0.188 e. The summed E-state index contributed by atoms with van der Waals surface area (Å²) in [6.45, 7) is 7.78. The minimum absolute atomic E-state index is 0.527. The molecule has 0 aliphatic carbocycles. The van der Waals surface area contributed by atoms with Crippen molar-refractivity contribution in [2.24, 2.45) is 16.6 Å². The average molecular weight is 234 g/mol. The van der Waals surface area contributed by atoms with Crippen LogP contribution in [0, 0.1) is 12.8 Å². The van der Waals surface area contributed by atoms with Gasteiger partial charge in [-0.25, -0.2) is 0 Å². The Morgan fingerprint density at radius 2 is 2.24 bits per heavy atom. The number of pyridine rings is 1. The van der Waals surface area contributed by atoms with E-state index in [1.807, 2.05) is 19.2 Å². The average Bonchev–Trinajstić information content (AvgIpc) is 2.29. The number of nitrogens with zero attached hydrogens (tertiary/aromatic N) is 2. The largest absolute Gasteiger partial charge is 0.370 e. The topological polar surface area (TPSA) is 63.3 Å². The van der Waals surface area contributed by atoms with E-state index < -0.39 is 0 Å². The number of hydrogen-bond donors (Lipinski definition) is 2. The van der Waals surface area contributed by atoms with Gasteiger partial charge in [0.25, 0.3) is 0 Å². The SMILES string of the molecule is Cc1ccc(CCNC(N)=NCC(C)C)cn1. The second-order valence-corrected chi connectivity index (χ2v) is 4.60. The Balaban J connectivity index is 2.28. The molecule has 1 aromatic heterocycles. The van der Waals surface area contributed by atoms with Crippen LogP contribution in [-0.4, -0.2) is 24.0 Å². The van der Waals surface area contributed by atoms with Crippen LogP contribution in [0.15, 0.2) is 23.3 Å². The lowest BCUT2D eigenvalue weighted by Gasteiger charge is -2.06.